The maximum absolute atomic E-state index is 5.65. The molecule has 1 atom stereocenters. The molecule has 2 heterocycles. The Labute approximate surface area is 148 Å². The van der Waals surface area contributed by atoms with Crippen LogP contribution in [-0.2, 0) is 13.1 Å². The quantitative estimate of drug-likeness (QED) is 0.795. The molecule has 1 aromatic heterocycles. The SMILES string of the molecule is CCOc1cccc(CN(Cc2scnc2C)C[C@@H]2CCNC2)c1. The van der Waals surface area contributed by atoms with Crippen LogP contribution in [0.15, 0.2) is 29.8 Å². The molecule has 5 heteroatoms. The third-order valence-electron chi connectivity index (χ3n) is 4.51. The maximum atomic E-state index is 5.65. The Hall–Kier alpha value is -1.43. The van der Waals surface area contributed by atoms with Gasteiger partial charge in [0.2, 0.25) is 0 Å². The second kappa shape index (κ2) is 8.60. The molecule has 2 aromatic rings. The highest BCUT2D eigenvalue weighted by Gasteiger charge is 2.19. The third-order valence-corrected chi connectivity index (χ3v) is 5.43. The largest absolute Gasteiger partial charge is 0.494 e. The van der Waals surface area contributed by atoms with Crippen molar-refractivity contribution in [3.8, 4) is 5.75 Å². The number of benzene rings is 1. The third kappa shape index (κ3) is 4.79. The molecule has 130 valence electrons. The average Bonchev–Trinajstić information content (AvgIpc) is 3.21. The number of aromatic nitrogens is 1. The lowest BCUT2D eigenvalue weighted by atomic mass is 10.1. The van der Waals surface area contributed by atoms with E-state index in [9.17, 15) is 0 Å². The number of aryl methyl sites for hydroxylation is 1. The van der Waals surface area contributed by atoms with E-state index in [1.165, 1.54) is 16.9 Å². The van der Waals surface area contributed by atoms with Gasteiger partial charge in [-0.1, -0.05) is 12.1 Å². The van der Waals surface area contributed by atoms with Gasteiger partial charge in [0, 0.05) is 24.5 Å². The van der Waals surface area contributed by atoms with Crippen LogP contribution >= 0.6 is 11.3 Å². The highest BCUT2D eigenvalue weighted by molar-refractivity contribution is 7.09. The van der Waals surface area contributed by atoms with Gasteiger partial charge in [-0.2, -0.15) is 0 Å². The molecule has 0 amide bonds. The predicted octanol–water partition coefficient (Wildman–Crippen LogP) is 3.46. The van der Waals surface area contributed by atoms with E-state index in [0.717, 1.165) is 50.1 Å². The van der Waals surface area contributed by atoms with Crippen LogP contribution in [0.2, 0.25) is 0 Å². The number of hydrogen-bond donors (Lipinski definition) is 1. The summed E-state index contributed by atoms with van der Waals surface area (Å²) in [6.07, 6.45) is 1.27. The predicted molar refractivity (Wildman–Crippen MR) is 99.6 cm³/mol. The van der Waals surface area contributed by atoms with Gasteiger partial charge in [-0.15, -0.1) is 11.3 Å². The molecule has 1 aliphatic rings. The normalized spacial score (nSPS) is 17.5. The highest BCUT2D eigenvalue weighted by Crippen LogP contribution is 2.21. The minimum absolute atomic E-state index is 0.709. The first-order chi connectivity index (χ1) is 11.7. The first-order valence-corrected chi connectivity index (χ1v) is 9.66. The van der Waals surface area contributed by atoms with Gasteiger partial charge >= 0.3 is 0 Å². The first kappa shape index (κ1) is 17.4. The van der Waals surface area contributed by atoms with Crippen molar-refractivity contribution in [3.05, 3.63) is 45.9 Å². The summed E-state index contributed by atoms with van der Waals surface area (Å²) in [5.74, 6) is 1.71. The van der Waals surface area contributed by atoms with Crippen LogP contribution in [0.25, 0.3) is 0 Å². The van der Waals surface area contributed by atoms with Gasteiger partial charge < -0.3 is 10.1 Å². The van der Waals surface area contributed by atoms with Crippen molar-refractivity contribution in [3.63, 3.8) is 0 Å². The summed E-state index contributed by atoms with van der Waals surface area (Å²) in [7, 11) is 0. The minimum atomic E-state index is 0.709. The van der Waals surface area contributed by atoms with Crippen molar-refractivity contribution in [2.24, 2.45) is 5.92 Å². The second-order valence-electron chi connectivity index (χ2n) is 6.47. The summed E-state index contributed by atoms with van der Waals surface area (Å²) in [6, 6.07) is 8.49. The number of thiazole rings is 1. The van der Waals surface area contributed by atoms with E-state index in [4.69, 9.17) is 4.74 Å². The fraction of sp³-hybridized carbons (Fsp3) is 0.526. The summed E-state index contributed by atoms with van der Waals surface area (Å²) >= 11 is 1.76. The Morgan fingerprint density at radius 1 is 1.38 bits per heavy atom. The number of nitrogens with one attached hydrogen (secondary N) is 1. The lowest BCUT2D eigenvalue weighted by Gasteiger charge is -2.25. The standard InChI is InChI=1S/C19H27N3OS/c1-3-23-18-6-4-5-16(9-18)11-22(12-17-7-8-20-10-17)13-19-15(2)21-14-24-19/h4-6,9,14,17,20H,3,7-8,10-13H2,1-2H3/t17-/m1/s1. The van der Waals surface area contributed by atoms with Gasteiger partial charge in [-0.3, -0.25) is 4.90 Å². The fourth-order valence-corrected chi connectivity index (χ4v) is 4.08. The van der Waals surface area contributed by atoms with Gasteiger partial charge in [0.25, 0.3) is 0 Å². The van der Waals surface area contributed by atoms with Crippen LogP contribution in [0.4, 0.5) is 0 Å². The molecule has 0 radical (unpaired) electrons. The van der Waals surface area contributed by atoms with E-state index in [1.54, 1.807) is 11.3 Å². The number of hydrogen-bond acceptors (Lipinski definition) is 5. The minimum Gasteiger partial charge on any atom is -0.494 e. The van der Waals surface area contributed by atoms with Crippen molar-refractivity contribution < 1.29 is 4.74 Å². The lowest BCUT2D eigenvalue weighted by molar-refractivity contribution is 0.221. The van der Waals surface area contributed by atoms with Gasteiger partial charge in [-0.25, -0.2) is 4.98 Å². The molecule has 0 saturated carbocycles. The van der Waals surface area contributed by atoms with Crippen LogP contribution in [-0.4, -0.2) is 36.1 Å². The highest BCUT2D eigenvalue weighted by atomic mass is 32.1. The van der Waals surface area contributed by atoms with Crippen molar-refractivity contribution >= 4 is 11.3 Å². The van der Waals surface area contributed by atoms with Gasteiger partial charge in [-0.05, 0) is 57.0 Å². The van der Waals surface area contributed by atoms with Crippen LogP contribution in [0.1, 0.15) is 29.5 Å². The molecule has 0 aliphatic carbocycles. The molecule has 1 saturated heterocycles. The van der Waals surface area contributed by atoms with Crippen LogP contribution in [0.5, 0.6) is 5.75 Å². The Morgan fingerprint density at radius 2 is 2.29 bits per heavy atom. The van der Waals surface area contributed by atoms with Crippen LogP contribution in [0, 0.1) is 12.8 Å². The maximum Gasteiger partial charge on any atom is 0.119 e. The lowest BCUT2D eigenvalue weighted by Crippen LogP contribution is -2.30. The number of rotatable bonds is 8. The molecule has 1 fully saturated rings. The number of ether oxygens (including phenoxy) is 1. The Balaban J connectivity index is 1.70. The van der Waals surface area contributed by atoms with E-state index >= 15 is 0 Å². The number of nitrogens with zero attached hydrogens (tertiary/aromatic N) is 2. The summed E-state index contributed by atoms with van der Waals surface area (Å²) in [6.45, 7) is 10.2. The molecule has 24 heavy (non-hydrogen) atoms. The molecule has 1 N–H and O–H groups in total. The summed E-state index contributed by atoms with van der Waals surface area (Å²) < 4.78 is 5.65. The van der Waals surface area contributed by atoms with Gasteiger partial charge in [0.15, 0.2) is 0 Å². The zero-order valence-electron chi connectivity index (χ0n) is 14.6. The smallest absolute Gasteiger partial charge is 0.119 e. The monoisotopic (exact) mass is 345 g/mol. The topological polar surface area (TPSA) is 37.4 Å². The molecule has 1 aliphatic heterocycles. The van der Waals surface area contributed by atoms with E-state index in [1.807, 2.05) is 18.5 Å². The molecule has 3 rings (SSSR count). The van der Waals surface area contributed by atoms with Gasteiger partial charge in [0.05, 0.1) is 17.8 Å². The molecule has 1 aromatic carbocycles. The Kier molecular flexibility index (Phi) is 6.24. The molecule has 0 spiro atoms. The molecule has 0 unspecified atom stereocenters. The van der Waals surface area contributed by atoms with Gasteiger partial charge in [0.1, 0.15) is 5.75 Å². The van der Waals surface area contributed by atoms with Crippen LogP contribution in [0.3, 0.4) is 0 Å². The van der Waals surface area contributed by atoms with E-state index in [2.05, 4.69) is 40.3 Å². The Bertz CT molecular complexity index is 637. The zero-order valence-corrected chi connectivity index (χ0v) is 15.4. The van der Waals surface area contributed by atoms with Crippen molar-refractivity contribution in [2.75, 3.05) is 26.2 Å². The van der Waals surface area contributed by atoms with E-state index < -0.39 is 0 Å². The molecular weight excluding hydrogens is 318 g/mol. The van der Waals surface area contributed by atoms with Crippen molar-refractivity contribution in [1.82, 2.24) is 15.2 Å². The molecular formula is C19H27N3OS. The zero-order chi connectivity index (χ0) is 16.8. The van der Waals surface area contributed by atoms with E-state index in [-0.39, 0.29) is 0 Å². The van der Waals surface area contributed by atoms with E-state index in [0.29, 0.717) is 6.61 Å². The summed E-state index contributed by atoms with van der Waals surface area (Å²) in [5, 5.41) is 3.48. The average molecular weight is 346 g/mol. The van der Waals surface area contributed by atoms with Crippen molar-refractivity contribution in [2.45, 2.75) is 33.4 Å². The second-order valence-corrected chi connectivity index (χ2v) is 7.41. The van der Waals surface area contributed by atoms with Crippen molar-refractivity contribution in [1.29, 1.82) is 0 Å². The molecule has 0 bridgehead atoms. The summed E-state index contributed by atoms with van der Waals surface area (Å²) in [5.41, 5.74) is 4.43. The Morgan fingerprint density at radius 3 is 3.00 bits per heavy atom. The molecule has 4 nitrogen and oxygen atoms in total. The summed E-state index contributed by atoms with van der Waals surface area (Å²) in [4.78, 5) is 8.34. The first-order valence-electron chi connectivity index (χ1n) is 8.78. The van der Waals surface area contributed by atoms with Crippen LogP contribution < -0.4 is 10.1 Å². The fourth-order valence-electron chi connectivity index (χ4n) is 3.26.